The van der Waals surface area contributed by atoms with Crippen molar-refractivity contribution < 1.29 is 30.2 Å². The van der Waals surface area contributed by atoms with E-state index in [4.69, 9.17) is 5.11 Å². The number of carboxylic acid groups (broad SMARTS) is 1. The van der Waals surface area contributed by atoms with Crippen LogP contribution in [0.4, 0.5) is 11.6 Å². The minimum atomic E-state index is -0.861. The zero-order chi connectivity index (χ0) is 21.9. The Kier molecular flexibility index (Phi) is 10.7. The Balaban J connectivity index is 0.00000272. The predicted molar refractivity (Wildman–Crippen MR) is 123 cm³/mol. The van der Waals surface area contributed by atoms with Gasteiger partial charge in [0.2, 0.25) is 0 Å². The third kappa shape index (κ3) is 8.31. The molecule has 0 unspecified atom stereocenters. The van der Waals surface area contributed by atoms with E-state index in [0.29, 0.717) is 29.7 Å². The maximum Gasteiger partial charge on any atom is 1.00 e. The molecule has 2 aromatic heterocycles. The van der Waals surface area contributed by atoms with Crippen LogP contribution < -0.4 is 34.8 Å². The fraction of sp³-hybridized carbons (Fsp3) is 0.304. The molecule has 164 valence electrons. The molecule has 9 heteroatoms. The second-order valence-electron chi connectivity index (χ2n) is 7.13. The molecule has 2 heterocycles. The molecule has 4 N–H and O–H groups in total. The van der Waals surface area contributed by atoms with Crippen LogP contribution in [0.15, 0.2) is 54.7 Å². The largest absolute Gasteiger partial charge is 1.00 e. The number of hydrogen-bond donors (Lipinski definition) is 4. The van der Waals surface area contributed by atoms with Crippen LogP contribution in [-0.2, 0) is 17.8 Å². The van der Waals surface area contributed by atoms with E-state index >= 15 is 0 Å². The van der Waals surface area contributed by atoms with Crippen LogP contribution in [0, 0.1) is 0 Å². The van der Waals surface area contributed by atoms with Gasteiger partial charge in [-0.15, -0.1) is 0 Å². The molecule has 0 aliphatic rings. The van der Waals surface area contributed by atoms with E-state index in [1.165, 1.54) is 5.56 Å². The van der Waals surface area contributed by atoms with Gasteiger partial charge in [-0.05, 0) is 49.7 Å². The monoisotopic (exact) mass is 428 g/mol. The molecule has 3 aromatic rings. The van der Waals surface area contributed by atoms with Crippen LogP contribution in [0.1, 0.15) is 25.4 Å². The van der Waals surface area contributed by atoms with Crippen molar-refractivity contribution in [2.24, 2.45) is 0 Å². The summed E-state index contributed by atoms with van der Waals surface area (Å²) in [5.74, 6) is 0.838. The second-order valence-corrected chi connectivity index (χ2v) is 7.13. The Morgan fingerprint density at radius 1 is 1.00 bits per heavy atom. The van der Waals surface area contributed by atoms with Crippen molar-refractivity contribution >= 4 is 17.6 Å². The fourth-order valence-corrected chi connectivity index (χ4v) is 3.05. The summed E-state index contributed by atoms with van der Waals surface area (Å²) in [7, 11) is 1.94. The number of carboxylic acids is 1. The first-order valence-electron chi connectivity index (χ1n) is 10.4. The number of rotatable bonds is 12. The molecule has 0 aliphatic carbocycles. The summed E-state index contributed by atoms with van der Waals surface area (Å²) < 4.78 is 0. The Bertz CT molecular complexity index is 994. The summed E-state index contributed by atoms with van der Waals surface area (Å²) in [5, 5.41) is 18.5. The van der Waals surface area contributed by atoms with E-state index in [1.807, 2.05) is 49.5 Å². The summed E-state index contributed by atoms with van der Waals surface area (Å²) in [6, 6.07) is 15.8. The third-order valence-corrected chi connectivity index (χ3v) is 4.63. The molecule has 8 nitrogen and oxygen atoms in total. The Hall–Kier alpha value is -2.92. The van der Waals surface area contributed by atoms with Gasteiger partial charge in [0, 0.05) is 25.4 Å². The molecule has 1 aromatic carbocycles. The van der Waals surface area contributed by atoms with E-state index < -0.39 is 5.97 Å². The van der Waals surface area contributed by atoms with Gasteiger partial charge in [0.15, 0.2) is 5.82 Å². The van der Waals surface area contributed by atoms with Crippen molar-refractivity contribution in [1.29, 1.82) is 0 Å². The molecule has 0 saturated heterocycles. The molecule has 3 rings (SSSR count). The number of aryl methyl sites for hydroxylation is 1. The summed E-state index contributed by atoms with van der Waals surface area (Å²) in [5.41, 5.74) is 2.99. The van der Waals surface area contributed by atoms with E-state index in [1.54, 1.807) is 12.3 Å². The maximum atomic E-state index is 10.9. The van der Waals surface area contributed by atoms with Gasteiger partial charge in [0.25, 0.3) is 0 Å². The molecule has 0 aliphatic heterocycles. The van der Waals surface area contributed by atoms with Crippen molar-refractivity contribution in [2.75, 3.05) is 30.8 Å². The first-order chi connectivity index (χ1) is 15.1. The topological polar surface area (TPSA) is 112 Å². The minimum Gasteiger partial charge on any atom is -1.00 e. The summed E-state index contributed by atoms with van der Waals surface area (Å²) in [4.78, 5) is 24.5. The number of benzene rings is 1. The van der Waals surface area contributed by atoms with Gasteiger partial charge in [-0.25, -0.2) is 9.97 Å². The summed E-state index contributed by atoms with van der Waals surface area (Å²) in [6.45, 7) is 1.84. The van der Waals surface area contributed by atoms with Crippen molar-refractivity contribution in [3.63, 3.8) is 0 Å². The van der Waals surface area contributed by atoms with Gasteiger partial charge in [0.05, 0.1) is 6.42 Å². The molecular weight excluding hydrogens is 399 g/mol. The number of pyridine rings is 1. The number of hydrogen-bond acceptors (Lipinski definition) is 7. The Morgan fingerprint density at radius 2 is 1.75 bits per heavy atom. The standard InChI is InChI=1S/C23H28N6O2.Li.H/c1-24-11-5-8-17-9-12-25-19(14-17)23-28-20(26-13-10-22(30)31)15-21(29-23)27-16-18-6-3-2-4-7-18;;/h2-4,6-7,9,12,14-15,24H,5,8,10-11,13,16H2,1H3,(H,30,31)(H2,26,27,28,29);;/q;+1;-1. The fourth-order valence-electron chi connectivity index (χ4n) is 3.05. The third-order valence-electron chi connectivity index (χ3n) is 4.63. The van der Waals surface area contributed by atoms with Crippen LogP contribution in [0.25, 0.3) is 11.5 Å². The normalized spacial score (nSPS) is 10.3. The maximum absolute atomic E-state index is 10.9. The zero-order valence-electron chi connectivity index (χ0n) is 19.6. The van der Waals surface area contributed by atoms with Gasteiger partial charge in [0.1, 0.15) is 17.3 Å². The van der Waals surface area contributed by atoms with Crippen molar-refractivity contribution in [3.05, 3.63) is 65.9 Å². The van der Waals surface area contributed by atoms with Crippen LogP contribution in [0.3, 0.4) is 0 Å². The van der Waals surface area contributed by atoms with Gasteiger partial charge in [-0.3, -0.25) is 9.78 Å². The quantitative estimate of drug-likeness (QED) is 0.241. The van der Waals surface area contributed by atoms with E-state index in [9.17, 15) is 4.79 Å². The first kappa shape index (κ1) is 25.3. The first-order valence-corrected chi connectivity index (χ1v) is 10.4. The number of carbonyl (C=O) groups is 1. The van der Waals surface area contributed by atoms with Crippen LogP contribution in [0.5, 0.6) is 0 Å². The van der Waals surface area contributed by atoms with Gasteiger partial charge in [-0.2, -0.15) is 0 Å². The molecule has 0 atom stereocenters. The second kappa shape index (κ2) is 13.5. The number of anilines is 2. The van der Waals surface area contributed by atoms with Crippen molar-refractivity contribution in [1.82, 2.24) is 20.3 Å². The number of nitrogens with zero attached hydrogens (tertiary/aromatic N) is 3. The molecule has 0 bridgehead atoms. The number of aromatic nitrogens is 3. The van der Waals surface area contributed by atoms with Crippen LogP contribution >= 0.6 is 0 Å². The Labute approximate surface area is 202 Å². The minimum absolute atomic E-state index is 0. The average molecular weight is 428 g/mol. The van der Waals surface area contributed by atoms with Gasteiger partial charge < -0.3 is 22.5 Å². The molecular formula is C23H29LiN6O2. The predicted octanol–water partition coefficient (Wildman–Crippen LogP) is 0.306. The van der Waals surface area contributed by atoms with E-state index in [2.05, 4.69) is 30.9 Å². The molecule has 32 heavy (non-hydrogen) atoms. The molecule has 0 radical (unpaired) electrons. The zero-order valence-corrected chi connectivity index (χ0v) is 18.6. The summed E-state index contributed by atoms with van der Waals surface area (Å²) in [6.07, 6.45) is 3.74. The van der Waals surface area contributed by atoms with Crippen molar-refractivity contribution in [2.45, 2.75) is 25.8 Å². The molecule has 0 fully saturated rings. The summed E-state index contributed by atoms with van der Waals surface area (Å²) >= 11 is 0. The van der Waals surface area contributed by atoms with E-state index in [0.717, 1.165) is 24.9 Å². The Morgan fingerprint density at radius 3 is 2.47 bits per heavy atom. The number of aliphatic carboxylic acids is 1. The molecule has 0 amide bonds. The average Bonchev–Trinajstić information content (AvgIpc) is 2.78. The SMILES string of the molecule is CNCCCc1ccnc(-c2nc(NCCC(=O)O)cc(NCc3ccccc3)n2)c1.[H-].[Li+]. The number of nitrogens with one attached hydrogen (secondary N) is 3. The smallest absolute Gasteiger partial charge is 1.00 e. The van der Waals surface area contributed by atoms with Crippen LogP contribution in [-0.4, -0.2) is 46.2 Å². The van der Waals surface area contributed by atoms with Gasteiger partial charge in [-0.1, -0.05) is 30.3 Å². The van der Waals surface area contributed by atoms with Crippen molar-refractivity contribution in [3.8, 4) is 11.5 Å². The van der Waals surface area contributed by atoms with Crippen LogP contribution in [0.2, 0.25) is 0 Å². The molecule has 0 saturated carbocycles. The van der Waals surface area contributed by atoms with Gasteiger partial charge >= 0.3 is 24.8 Å². The van der Waals surface area contributed by atoms with E-state index in [-0.39, 0.29) is 33.3 Å². The molecule has 0 spiro atoms.